The molecule has 0 atom stereocenters. The molecule has 3 aromatic carbocycles. The molecule has 1 aliphatic rings. The molecule has 1 N–H and O–H groups in total. The summed E-state index contributed by atoms with van der Waals surface area (Å²) >= 11 is 0. The number of anilines is 3. The molecule has 1 aromatic heterocycles. The maximum atomic E-state index is 14.0. The topological polar surface area (TPSA) is 54.5 Å². The number of hydrogen-bond acceptors (Lipinski definition) is 4. The van der Waals surface area contributed by atoms with Crippen molar-refractivity contribution in [2.75, 3.05) is 10.2 Å². The van der Waals surface area contributed by atoms with Crippen molar-refractivity contribution in [2.24, 2.45) is 0 Å². The van der Waals surface area contributed by atoms with Gasteiger partial charge in [-0.25, -0.2) is 8.78 Å². The lowest BCUT2D eigenvalue weighted by atomic mass is 10.1. The molecule has 5 rings (SSSR count). The molecule has 0 unspecified atom stereocenters. The molecule has 178 valence electrons. The van der Waals surface area contributed by atoms with Crippen molar-refractivity contribution in [1.82, 2.24) is 4.98 Å². The molecule has 1 amide bonds. The molecule has 7 heteroatoms. The Morgan fingerprint density at radius 2 is 1.74 bits per heavy atom. The Morgan fingerprint density at radius 1 is 0.943 bits per heavy atom. The third-order valence-corrected chi connectivity index (χ3v) is 5.35. The van der Waals surface area contributed by atoms with E-state index in [2.05, 4.69) is 10.3 Å². The normalized spacial score (nSPS) is 12.0. The standard InChI is InChI=1S/C26H19F2N3O2.C2H6/c1-16-11-20(9-10-29-16)30-19-6-7-23-17(12-19)15-31(26(23)32)21-3-2-4-22(14-21)33-25-8-5-18(27)13-24(25)28;1-2/h2-14H,15H2,1H3,(H,29,30);1-2H3. The van der Waals surface area contributed by atoms with Crippen LogP contribution >= 0.6 is 0 Å². The smallest absolute Gasteiger partial charge is 0.258 e. The minimum Gasteiger partial charge on any atom is -0.454 e. The number of benzene rings is 3. The molecule has 4 aromatic rings. The lowest BCUT2D eigenvalue weighted by molar-refractivity contribution is 0.0996. The van der Waals surface area contributed by atoms with E-state index >= 15 is 0 Å². The minimum absolute atomic E-state index is 0.0911. The van der Waals surface area contributed by atoms with E-state index in [0.717, 1.165) is 34.8 Å². The van der Waals surface area contributed by atoms with E-state index in [4.69, 9.17) is 4.74 Å². The molecular weight excluding hydrogens is 448 g/mol. The number of rotatable bonds is 5. The molecule has 0 bridgehead atoms. The molecule has 2 heterocycles. The predicted molar refractivity (Wildman–Crippen MR) is 133 cm³/mol. The fraction of sp³-hybridized carbons (Fsp3) is 0.143. The summed E-state index contributed by atoms with van der Waals surface area (Å²) in [6.07, 6.45) is 1.74. The van der Waals surface area contributed by atoms with Crippen LogP contribution in [0.1, 0.15) is 35.5 Å². The average Bonchev–Trinajstić information content (AvgIpc) is 3.18. The number of ether oxygens (including phenoxy) is 1. The van der Waals surface area contributed by atoms with Crippen LogP contribution in [0.4, 0.5) is 25.8 Å². The van der Waals surface area contributed by atoms with Crippen LogP contribution in [0.15, 0.2) is 79.0 Å². The van der Waals surface area contributed by atoms with Crippen LogP contribution in [0.5, 0.6) is 11.5 Å². The molecule has 1 aliphatic heterocycles. The SMILES string of the molecule is CC.Cc1cc(Nc2ccc3c(c2)CN(c2cccc(Oc4ccc(F)cc4F)c2)C3=O)ccn1. The molecule has 0 aliphatic carbocycles. The van der Waals surface area contributed by atoms with Crippen molar-refractivity contribution in [3.05, 3.63) is 107 Å². The summed E-state index contributed by atoms with van der Waals surface area (Å²) in [6, 6.07) is 19.4. The van der Waals surface area contributed by atoms with Crippen molar-refractivity contribution in [1.29, 1.82) is 0 Å². The monoisotopic (exact) mass is 473 g/mol. The summed E-state index contributed by atoms with van der Waals surface area (Å²) in [4.78, 5) is 18.9. The number of carbonyl (C=O) groups excluding carboxylic acids is 1. The van der Waals surface area contributed by atoms with Crippen molar-refractivity contribution in [2.45, 2.75) is 27.3 Å². The van der Waals surface area contributed by atoms with Gasteiger partial charge in [0, 0.05) is 46.6 Å². The van der Waals surface area contributed by atoms with Crippen LogP contribution in [-0.4, -0.2) is 10.9 Å². The van der Waals surface area contributed by atoms with Gasteiger partial charge in [-0.15, -0.1) is 0 Å². The van der Waals surface area contributed by atoms with Crippen LogP contribution in [-0.2, 0) is 6.54 Å². The van der Waals surface area contributed by atoms with Gasteiger partial charge in [-0.05, 0) is 67.1 Å². The van der Waals surface area contributed by atoms with E-state index in [9.17, 15) is 13.6 Å². The second-order valence-corrected chi connectivity index (χ2v) is 7.75. The first-order valence-corrected chi connectivity index (χ1v) is 11.3. The molecule has 0 saturated carbocycles. The first-order chi connectivity index (χ1) is 17.0. The number of nitrogens with one attached hydrogen (secondary N) is 1. The number of aryl methyl sites for hydroxylation is 1. The Balaban J connectivity index is 0.00000141. The highest BCUT2D eigenvalue weighted by molar-refractivity contribution is 6.10. The highest BCUT2D eigenvalue weighted by atomic mass is 19.1. The molecule has 0 fully saturated rings. The van der Waals surface area contributed by atoms with Crippen molar-refractivity contribution < 1.29 is 18.3 Å². The summed E-state index contributed by atoms with van der Waals surface area (Å²) in [5.41, 5.74) is 4.84. The zero-order valence-electron chi connectivity index (χ0n) is 19.7. The molecule has 0 saturated heterocycles. The Morgan fingerprint density at radius 3 is 2.51 bits per heavy atom. The molecule has 0 spiro atoms. The summed E-state index contributed by atoms with van der Waals surface area (Å²) in [6.45, 7) is 6.32. The number of fused-ring (bicyclic) bond motifs is 1. The Labute approximate surface area is 203 Å². The lowest BCUT2D eigenvalue weighted by Crippen LogP contribution is -2.22. The Kier molecular flexibility index (Phi) is 7.06. The zero-order valence-corrected chi connectivity index (χ0v) is 19.7. The largest absolute Gasteiger partial charge is 0.454 e. The third kappa shape index (κ3) is 5.30. The van der Waals surface area contributed by atoms with Crippen LogP contribution in [0, 0.1) is 18.6 Å². The van der Waals surface area contributed by atoms with Gasteiger partial charge in [-0.1, -0.05) is 19.9 Å². The number of carbonyl (C=O) groups is 1. The number of amides is 1. The highest BCUT2D eigenvalue weighted by Gasteiger charge is 2.29. The molecule has 5 nitrogen and oxygen atoms in total. The summed E-state index contributed by atoms with van der Waals surface area (Å²) in [5.74, 6) is -1.35. The first-order valence-electron chi connectivity index (χ1n) is 11.3. The molecule has 0 radical (unpaired) electrons. The summed E-state index contributed by atoms with van der Waals surface area (Å²) in [5, 5.41) is 3.34. The van der Waals surface area contributed by atoms with E-state index in [1.165, 1.54) is 6.07 Å². The second-order valence-electron chi connectivity index (χ2n) is 7.75. The van der Waals surface area contributed by atoms with Crippen LogP contribution in [0.2, 0.25) is 0 Å². The van der Waals surface area contributed by atoms with E-state index < -0.39 is 11.6 Å². The van der Waals surface area contributed by atoms with Crippen LogP contribution in [0.3, 0.4) is 0 Å². The van der Waals surface area contributed by atoms with E-state index in [-0.39, 0.29) is 11.7 Å². The van der Waals surface area contributed by atoms with E-state index in [1.54, 1.807) is 35.4 Å². The van der Waals surface area contributed by atoms with Gasteiger partial charge in [-0.2, -0.15) is 0 Å². The minimum atomic E-state index is -0.797. The quantitative estimate of drug-likeness (QED) is 0.328. The maximum Gasteiger partial charge on any atom is 0.258 e. The number of pyridine rings is 1. The van der Waals surface area contributed by atoms with Gasteiger partial charge in [0.1, 0.15) is 11.6 Å². The fourth-order valence-electron chi connectivity index (χ4n) is 3.80. The van der Waals surface area contributed by atoms with Crippen LogP contribution < -0.4 is 15.0 Å². The van der Waals surface area contributed by atoms with E-state index in [0.29, 0.717) is 23.5 Å². The van der Waals surface area contributed by atoms with Gasteiger partial charge in [0.2, 0.25) is 0 Å². The third-order valence-electron chi connectivity index (χ3n) is 5.35. The van der Waals surface area contributed by atoms with Gasteiger partial charge in [0.15, 0.2) is 11.6 Å². The maximum absolute atomic E-state index is 14.0. The van der Waals surface area contributed by atoms with Crippen molar-refractivity contribution in [3.8, 4) is 11.5 Å². The highest BCUT2D eigenvalue weighted by Crippen LogP contribution is 2.34. The average molecular weight is 474 g/mol. The van der Waals surface area contributed by atoms with E-state index in [1.807, 2.05) is 51.1 Å². The first kappa shape index (κ1) is 23.9. The van der Waals surface area contributed by atoms with Gasteiger partial charge in [0.25, 0.3) is 5.91 Å². The van der Waals surface area contributed by atoms with Gasteiger partial charge in [-0.3, -0.25) is 9.78 Å². The van der Waals surface area contributed by atoms with Gasteiger partial charge >= 0.3 is 0 Å². The number of halogens is 2. The second kappa shape index (κ2) is 10.3. The van der Waals surface area contributed by atoms with Crippen molar-refractivity contribution >= 4 is 23.0 Å². The lowest BCUT2D eigenvalue weighted by Gasteiger charge is -2.17. The van der Waals surface area contributed by atoms with Crippen molar-refractivity contribution in [3.63, 3.8) is 0 Å². The molecular formula is C28H25F2N3O2. The summed E-state index contributed by atoms with van der Waals surface area (Å²) < 4.78 is 32.7. The van der Waals surface area contributed by atoms with Gasteiger partial charge in [0.05, 0.1) is 6.54 Å². The van der Waals surface area contributed by atoms with Gasteiger partial charge < -0.3 is 15.0 Å². The summed E-state index contributed by atoms with van der Waals surface area (Å²) in [7, 11) is 0. The number of nitrogens with zero attached hydrogens (tertiary/aromatic N) is 2. The Bertz CT molecular complexity index is 1370. The number of aromatic nitrogens is 1. The zero-order chi connectivity index (χ0) is 24.9. The fourth-order valence-corrected chi connectivity index (χ4v) is 3.80. The molecule has 35 heavy (non-hydrogen) atoms. The number of hydrogen-bond donors (Lipinski definition) is 1. The van der Waals surface area contributed by atoms with Crippen LogP contribution in [0.25, 0.3) is 0 Å². The predicted octanol–water partition coefficient (Wildman–Crippen LogP) is 7.39. The Hall–Kier alpha value is -4.26.